The molecule has 1 aromatic heterocycles. The summed E-state index contributed by atoms with van der Waals surface area (Å²) >= 11 is 0. The molecule has 1 saturated carbocycles. The number of likely N-dealkylation sites (N-methyl/N-ethyl adjacent to an activating group) is 1. The Hall–Kier alpha value is -3.39. The second-order valence-electron chi connectivity index (χ2n) is 8.65. The zero-order valence-electron chi connectivity index (χ0n) is 21.3. The number of hydrogen-bond donors (Lipinski definition) is 4. The van der Waals surface area contributed by atoms with Crippen molar-refractivity contribution in [1.29, 1.82) is 5.41 Å². The smallest absolute Gasteiger partial charge is 0.267 e. The Labute approximate surface area is 211 Å². The van der Waals surface area contributed by atoms with Gasteiger partial charge >= 0.3 is 0 Å². The van der Waals surface area contributed by atoms with Crippen LogP contribution >= 0.6 is 0 Å². The summed E-state index contributed by atoms with van der Waals surface area (Å²) in [4.78, 5) is 30.2. The molecule has 4 N–H and O–H groups in total. The summed E-state index contributed by atoms with van der Waals surface area (Å²) in [7, 11) is 3.53. The van der Waals surface area contributed by atoms with E-state index in [1.54, 1.807) is 30.8 Å². The van der Waals surface area contributed by atoms with Gasteiger partial charge in [0, 0.05) is 34.3 Å². The van der Waals surface area contributed by atoms with Crippen LogP contribution in [0.25, 0.3) is 11.1 Å². The second-order valence-corrected chi connectivity index (χ2v) is 8.65. The number of amides is 1. The molecule has 35 heavy (non-hydrogen) atoms. The first kappa shape index (κ1) is 27.9. The summed E-state index contributed by atoms with van der Waals surface area (Å²) in [6.07, 6.45) is 7.63. The lowest BCUT2D eigenvalue weighted by Crippen LogP contribution is -2.46. The van der Waals surface area contributed by atoms with E-state index in [0.29, 0.717) is 18.2 Å². The third kappa shape index (κ3) is 7.55. The average molecular weight is 486 g/mol. The Kier molecular flexibility index (Phi) is 11.2. The van der Waals surface area contributed by atoms with E-state index in [4.69, 9.17) is 10.2 Å². The molecular weight excluding hydrogens is 442 g/mol. The molecule has 2 aromatic rings. The molecule has 1 aromatic carbocycles. The quantitative estimate of drug-likeness (QED) is 0.235. The Morgan fingerprint density at radius 3 is 2.46 bits per heavy atom. The highest BCUT2D eigenvalue weighted by Crippen LogP contribution is 2.27. The Morgan fingerprint density at radius 1 is 1.20 bits per heavy atom. The van der Waals surface area contributed by atoms with Crippen LogP contribution in [0.15, 0.2) is 53.0 Å². The average Bonchev–Trinajstić information content (AvgIpc) is 2.90. The van der Waals surface area contributed by atoms with Crippen molar-refractivity contribution in [2.45, 2.75) is 52.0 Å². The number of carbonyl (C=O) groups is 1. The number of allylic oxidation sites excluding steroid dienone is 1. The van der Waals surface area contributed by atoms with E-state index >= 15 is 0 Å². The van der Waals surface area contributed by atoms with Crippen LogP contribution in [0.4, 0.5) is 5.69 Å². The van der Waals surface area contributed by atoms with E-state index in [9.17, 15) is 9.59 Å². The van der Waals surface area contributed by atoms with Gasteiger partial charge in [0.05, 0.1) is 24.0 Å². The summed E-state index contributed by atoms with van der Waals surface area (Å²) in [5.74, 6) is 0.311. The fourth-order valence-electron chi connectivity index (χ4n) is 4.44. The molecule has 8 heteroatoms. The number of benzene rings is 1. The van der Waals surface area contributed by atoms with Crippen molar-refractivity contribution in [2.24, 2.45) is 13.0 Å². The number of nitrogens with zero attached hydrogens (tertiary/aromatic N) is 1. The molecule has 1 aliphatic carbocycles. The molecule has 0 spiro atoms. The number of nitrogens with one attached hydrogen (secondary N) is 4. The minimum absolute atomic E-state index is 0. The normalized spacial score (nSPS) is 14.9. The number of carbonyl (C=O) groups excluding carboxylic acids is 1. The van der Waals surface area contributed by atoms with Gasteiger partial charge in [-0.05, 0) is 63.1 Å². The van der Waals surface area contributed by atoms with Crippen molar-refractivity contribution in [3.05, 3.63) is 64.2 Å². The van der Waals surface area contributed by atoms with Gasteiger partial charge in [-0.1, -0.05) is 37.5 Å². The van der Waals surface area contributed by atoms with Crippen LogP contribution in [0.5, 0.6) is 0 Å². The summed E-state index contributed by atoms with van der Waals surface area (Å²) in [6, 6.07) is 11.3. The zero-order valence-corrected chi connectivity index (χ0v) is 21.3. The van der Waals surface area contributed by atoms with Crippen LogP contribution < -0.4 is 21.7 Å². The van der Waals surface area contributed by atoms with Crippen LogP contribution in [-0.4, -0.2) is 36.9 Å². The molecule has 1 aliphatic rings. The molecule has 0 radical (unpaired) electrons. The zero-order chi connectivity index (χ0) is 25.8. The van der Waals surface area contributed by atoms with Gasteiger partial charge in [-0.2, -0.15) is 0 Å². The van der Waals surface area contributed by atoms with Crippen molar-refractivity contribution in [3.8, 4) is 11.1 Å². The number of anilines is 1. The molecule has 3 rings (SSSR count). The fraction of sp³-hybridized carbons (Fsp3) is 0.444. The predicted octanol–water partition coefficient (Wildman–Crippen LogP) is 4.65. The number of aromatic nitrogens is 1. The maximum absolute atomic E-state index is 12.6. The highest BCUT2D eigenvalue weighted by molar-refractivity contribution is 5.92. The van der Waals surface area contributed by atoms with Crippen molar-refractivity contribution in [1.82, 2.24) is 15.2 Å². The lowest BCUT2D eigenvalue weighted by molar-refractivity contribution is -0.119. The summed E-state index contributed by atoms with van der Waals surface area (Å²) < 4.78 is 1.65. The summed E-state index contributed by atoms with van der Waals surface area (Å²) in [6.45, 7) is 6.68. The van der Waals surface area contributed by atoms with Crippen molar-refractivity contribution >= 4 is 18.3 Å². The maximum Gasteiger partial charge on any atom is 0.267 e. The minimum atomic E-state index is -0.101. The van der Waals surface area contributed by atoms with Crippen LogP contribution in [-0.2, 0) is 16.7 Å². The Bertz CT molecular complexity index is 1050. The molecule has 1 fully saturated rings. The Balaban J connectivity index is 0.00000316. The molecular formula is C27H43N5O3. The van der Waals surface area contributed by atoms with Gasteiger partial charge in [0.25, 0.3) is 5.91 Å². The molecule has 1 amide bonds. The lowest BCUT2D eigenvalue weighted by atomic mass is 9.84. The minimum Gasteiger partial charge on any atom is -0.384 e. The van der Waals surface area contributed by atoms with E-state index in [1.165, 1.54) is 19.3 Å². The third-order valence-electron chi connectivity index (χ3n) is 6.60. The van der Waals surface area contributed by atoms with Gasteiger partial charge in [0.2, 0.25) is 5.56 Å². The number of hydrogen-bond acceptors (Lipinski definition) is 6. The van der Waals surface area contributed by atoms with Gasteiger partial charge in [0.15, 0.2) is 0 Å². The molecule has 0 bridgehead atoms. The Morgan fingerprint density at radius 2 is 1.86 bits per heavy atom. The van der Waals surface area contributed by atoms with E-state index in [-0.39, 0.29) is 20.4 Å². The first-order valence-electron chi connectivity index (χ1n) is 12.1. The van der Waals surface area contributed by atoms with Crippen molar-refractivity contribution in [3.63, 3.8) is 0 Å². The number of pyridine rings is 1. The molecule has 194 valence electrons. The van der Waals surface area contributed by atoms with Crippen LogP contribution in [0.1, 0.15) is 47.6 Å². The van der Waals surface area contributed by atoms with E-state index < -0.39 is 0 Å². The molecule has 8 nitrogen and oxygen atoms in total. The van der Waals surface area contributed by atoms with Crippen LogP contribution in [0.2, 0.25) is 0 Å². The largest absolute Gasteiger partial charge is 0.384 e. The first-order valence-corrected chi connectivity index (χ1v) is 12.1. The van der Waals surface area contributed by atoms with E-state index in [1.807, 2.05) is 44.2 Å². The van der Waals surface area contributed by atoms with Crippen molar-refractivity contribution in [2.75, 3.05) is 19.1 Å². The SMILES string of the molecule is C/C=C(\NC)C(=O)N[C@H](CONc1ccc(-c2ccc(=O)n(C)c2C)cc1)C1CCCCC1.C=N.[HH].[HH]. The lowest BCUT2D eigenvalue weighted by Gasteiger charge is -2.31. The predicted molar refractivity (Wildman–Crippen MR) is 147 cm³/mol. The van der Waals surface area contributed by atoms with Crippen LogP contribution in [0, 0.1) is 18.3 Å². The highest BCUT2D eigenvalue weighted by Gasteiger charge is 2.26. The van der Waals surface area contributed by atoms with Crippen LogP contribution in [0.3, 0.4) is 0 Å². The fourth-order valence-corrected chi connectivity index (χ4v) is 4.44. The summed E-state index contributed by atoms with van der Waals surface area (Å²) in [5.41, 5.74) is 7.38. The van der Waals surface area contributed by atoms with Gasteiger partial charge in [-0.3, -0.25) is 19.9 Å². The third-order valence-corrected chi connectivity index (χ3v) is 6.60. The van der Waals surface area contributed by atoms with Crippen molar-refractivity contribution < 1.29 is 12.5 Å². The second kappa shape index (κ2) is 14.1. The monoisotopic (exact) mass is 485 g/mol. The molecule has 0 unspecified atom stereocenters. The number of rotatable bonds is 9. The molecule has 0 saturated heterocycles. The highest BCUT2D eigenvalue weighted by atomic mass is 16.6. The first-order chi connectivity index (χ1) is 16.9. The standard InChI is InChI=1S/C26H36N4O3.CH3N.2H2/c1-5-23(27-3)26(32)28-24(20-9-7-6-8-10-20)17-33-29-21-13-11-19(12-14-21)22-15-16-25(31)30(4)18(22)2;1-2;;/h5,11-16,20,24,27,29H,6-10,17H2,1-4H3,(H,28,32);2H,1H2;2*1H/b23-5-;;;/t24-;;;/m1.../s1. The molecule has 1 heterocycles. The molecule has 1 atom stereocenters. The summed E-state index contributed by atoms with van der Waals surface area (Å²) in [5, 5.41) is 11.6. The molecule has 0 aliphatic heterocycles. The van der Waals surface area contributed by atoms with E-state index in [2.05, 4.69) is 22.8 Å². The van der Waals surface area contributed by atoms with E-state index in [0.717, 1.165) is 35.3 Å². The van der Waals surface area contributed by atoms with Gasteiger partial charge < -0.3 is 20.6 Å². The topological polar surface area (TPSA) is 108 Å². The van der Waals surface area contributed by atoms with Gasteiger partial charge in [-0.15, -0.1) is 0 Å². The maximum atomic E-state index is 12.6. The van der Waals surface area contributed by atoms with Gasteiger partial charge in [-0.25, -0.2) is 0 Å². The van der Waals surface area contributed by atoms with Gasteiger partial charge in [0.1, 0.15) is 0 Å².